The van der Waals surface area contributed by atoms with E-state index >= 15 is 0 Å². The summed E-state index contributed by atoms with van der Waals surface area (Å²) in [6.45, 7) is 4.64. The third-order valence-electron chi connectivity index (χ3n) is 3.42. The summed E-state index contributed by atoms with van der Waals surface area (Å²) in [5.74, 6) is 0.851. The Labute approximate surface area is 134 Å². The SMILES string of the molecule is CCCOPO[C@@H]1CCO[C@@H]1COCc1ccc(OC)cc1. The molecule has 1 aliphatic heterocycles. The smallest absolute Gasteiger partial charge is 0.155 e. The zero-order valence-corrected chi connectivity index (χ0v) is 14.2. The molecule has 0 aliphatic carbocycles. The third-order valence-corrected chi connectivity index (χ3v) is 4.14. The number of hydrogen-bond donors (Lipinski definition) is 0. The Bertz CT molecular complexity index is 412. The van der Waals surface area contributed by atoms with Gasteiger partial charge in [-0.1, -0.05) is 19.1 Å². The molecule has 0 bridgehead atoms. The van der Waals surface area contributed by atoms with Crippen LogP contribution in [0.2, 0.25) is 0 Å². The second-order valence-corrected chi connectivity index (χ2v) is 5.84. The largest absolute Gasteiger partial charge is 0.497 e. The standard InChI is InChI=1S/C16H25O5P/c1-3-9-20-22-21-15-8-10-19-16(15)12-18-11-13-4-6-14(17-2)7-5-13/h4-7,15-16,22H,3,8-12H2,1-2H3/t15-,16-/m1/s1. The quantitative estimate of drug-likeness (QED) is 0.487. The summed E-state index contributed by atoms with van der Waals surface area (Å²) in [7, 11) is 1.75. The lowest BCUT2D eigenvalue weighted by Gasteiger charge is -2.18. The predicted octanol–water partition coefficient (Wildman–Crippen LogP) is 3.32. The minimum Gasteiger partial charge on any atom is -0.497 e. The van der Waals surface area contributed by atoms with Crippen molar-refractivity contribution in [1.29, 1.82) is 0 Å². The molecule has 3 atom stereocenters. The molecule has 1 aromatic rings. The van der Waals surface area contributed by atoms with Gasteiger partial charge in [0.15, 0.2) is 9.03 Å². The van der Waals surface area contributed by atoms with Crippen LogP contribution in [0.4, 0.5) is 0 Å². The Morgan fingerprint density at radius 3 is 2.82 bits per heavy atom. The van der Waals surface area contributed by atoms with Gasteiger partial charge in [-0.25, -0.2) is 0 Å². The molecular weight excluding hydrogens is 303 g/mol. The van der Waals surface area contributed by atoms with Gasteiger partial charge in [0.05, 0.1) is 33.0 Å². The number of hydrogen-bond acceptors (Lipinski definition) is 5. The molecule has 0 amide bonds. The van der Waals surface area contributed by atoms with Gasteiger partial charge in [0.1, 0.15) is 11.9 Å². The number of ether oxygens (including phenoxy) is 3. The topological polar surface area (TPSA) is 46.2 Å². The lowest BCUT2D eigenvalue weighted by Crippen LogP contribution is -2.27. The Morgan fingerprint density at radius 1 is 1.27 bits per heavy atom. The molecule has 1 heterocycles. The Kier molecular flexibility index (Phi) is 8.13. The fourth-order valence-electron chi connectivity index (χ4n) is 2.17. The van der Waals surface area contributed by atoms with Crippen molar-refractivity contribution in [2.75, 3.05) is 26.9 Å². The van der Waals surface area contributed by atoms with E-state index < -0.39 is 0 Å². The van der Waals surface area contributed by atoms with Crippen LogP contribution in [0.5, 0.6) is 5.75 Å². The van der Waals surface area contributed by atoms with Crippen molar-refractivity contribution in [2.45, 2.75) is 38.6 Å². The van der Waals surface area contributed by atoms with Crippen molar-refractivity contribution >= 4 is 9.03 Å². The maximum atomic E-state index is 5.75. The molecule has 0 aromatic heterocycles. The maximum absolute atomic E-state index is 5.75. The first-order chi connectivity index (χ1) is 10.8. The molecule has 1 fully saturated rings. The van der Waals surface area contributed by atoms with E-state index in [-0.39, 0.29) is 21.2 Å². The van der Waals surface area contributed by atoms with Crippen LogP contribution in [-0.2, 0) is 25.1 Å². The van der Waals surface area contributed by atoms with Crippen LogP contribution < -0.4 is 4.74 Å². The van der Waals surface area contributed by atoms with Crippen LogP contribution >= 0.6 is 9.03 Å². The summed E-state index contributed by atoms with van der Waals surface area (Å²) in [5, 5.41) is 0. The highest BCUT2D eigenvalue weighted by Gasteiger charge is 2.29. The number of benzene rings is 1. The molecule has 124 valence electrons. The average Bonchev–Trinajstić information content (AvgIpc) is 3.00. The molecule has 1 saturated heterocycles. The van der Waals surface area contributed by atoms with Gasteiger partial charge in [-0.3, -0.25) is 0 Å². The van der Waals surface area contributed by atoms with Crippen LogP contribution in [0.25, 0.3) is 0 Å². The third kappa shape index (κ3) is 5.82. The first-order valence-corrected chi connectivity index (χ1v) is 8.50. The van der Waals surface area contributed by atoms with Crippen molar-refractivity contribution < 1.29 is 23.3 Å². The molecule has 1 unspecified atom stereocenters. The van der Waals surface area contributed by atoms with E-state index in [1.165, 1.54) is 0 Å². The summed E-state index contributed by atoms with van der Waals surface area (Å²) in [6, 6.07) is 7.87. The van der Waals surface area contributed by atoms with Gasteiger partial charge >= 0.3 is 0 Å². The second-order valence-electron chi connectivity index (χ2n) is 5.15. The lowest BCUT2D eigenvalue weighted by atomic mass is 10.2. The molecule has 2 rings (SSSR count). The predicted molar refractivity (Wildman–Crippen MR) is 86.4 cm³/mol. The van der Waals surface area contributed by atoms with E-state index in [0.717, 1.165) is 37.4 Å². The fraction of sp³-hybridized carbons (Fsp3) is 0.625. The van der Waals surface area contributed by atoms with E-state index in [2.05, 4.69) is 6.92 Å². The fourth-order valence-corrected chi connectivity index (χ4v) is 2.92. The van der Waals surface area contributed by atoms with E-state index in [9.17, 15) is 0 Å². The molecule has 5 nitrogen and oxygen atoms in total. The molecule has 0 saturated carbocycles. The van der Waals surface area contributed by atoms with Crippen molar-refractivity contribution in [3.05, 3.63) is 29.8 Å². The Balaban J connectivity index is 1.66. The minimum absolute atomic E-state index is 0.00373. The average molecular weight is 328 g/mol. The summed E-state index contributed by atoms with van der Waals surface area (Å²) < 4.78 is 27.7. The van der Waals surface area contributed by atoms with Crippen molar-refractivity contribution in [3.8, 4) is 5.75 Å². The van der Waals surface area contributed by atoms with E-state index in [1.807, 2.05) is 24.3 Å². The van der Waals surface area contributed by atoms with Crippen molar-refractivity contribution in [2.24, 2.45) is 0 Å². The summed E-state index contributed by atoms with van der Waals surface area (Å²) in [5.41, 5.74) is 1.12. The number of rotatable bonds is 10. The van der Waals surface area contributed by atoms with Crippen LogP contribution in [0, 0.1) is 0 Å². The van der Waals surface area contributed by atoms with Gasteiger partial charge < -0.3 is 23.3 Å². The second kappa shape index (κ2) is 10.1. The molecule has 22 heavy (non-hydrogen) atoms. The Morgan fingerprint density at radius 2 is 2.09 bits per heavy atom. The lowest BCUT2D eigenvalue weighted by molar-refractivity contribution is -0.0217. The van der Waals surface area contributed by atoms with E-state index in [1.54, 1.807) is 7.11 Å². The molecule has 6 heteroatoms. The molecule has 1 aliphatic rings. The van der Waals surface area contributed by atoms with Gasteiger partial charge in [0.25, 0.3) is 0 Å². The first kappa shape index (κ1) is 17.6. The maximum Gasteiger partial charge on any atom is 0.155 e. The first-order valence-electron chi connectivity index (χ1n) is 7.68. The molecule has 0 N–H and O–H groups in total. The highest BCUT2D eigenvalue weighted by atomic mass is 31.1. The van der Waals surface area contributed by atoms with Gasteiger partial charge in [-0.05, 0) is 24.1 Å². The minimum atomic E-state index is -0.00373. The summed E-state index contributed by atoms with van der Waals surface area (Å²) >= 11 is 0. The number of methoxy groups -OCH3 is 1. The normalized spacial score (nSPS) is 21.7. The molecule has 0 spiro atoms. The summed E-state index contributed by atoms with van der Waals surface area (Å²) in [4.78, 5) is 0. The van der Waals surface area contributed by atoms with Crippen LogP contribution in [-0.4, -0.2) is 39.1 Å². The van der Waals surface area contributed by atoms with Gasteiger partial charge in [-0.15, -0.1) is 0 Å². The molecule has 1 aromatic carbocycles. The zero-order chi connectivity index (χ0) is 15.6. The van der Waals surface area contributed by atoms with Crippen molar-refractivity contribution in [1.82, 2.24) is 0 Å². The van der Waals surface area contributed by atoms with E-state index in [4.69, 9.17) is 23.3 Å². The Hall–Kier alpha value is -0.710. The molecular formula is C16H25O5P. The highest BCUT2D eigenvalue weighted by molar-refractivity contribution is 7.26. The van der Waals surface area contributed by atoms with Gasteiger partial charge in [0.2, 0.25) is 0 Å². The highest BCUT2D eigenvalue weighted by Crippen LogP contribution is 2.26. The van der Waals surface area contributed by atoms with E-state index in [0.29, 0.717) is 13.2 Å². The molecule has 0 radical (unpaired) electrons. The van der Waals surface area contributed by atoms with Gasteiger partial charge in [-0.2, -0.15) is 0 Å². The van der Waals surface area contributed by atoms with Crippen LogP contribution in [0.3, 0.4) is 0 Å². The van der Waals surface area contributed by atoms with Gasteiger partial charge in [0, 0.05) is 13.0 Å². The van der Waals surface area contributed by atoms with Crippen LogP contribution in [0.15, 0.2) is 24.3 Å². The van der Waals surface area contributed by atoms with Crippen LogP contribution in [0.1, 0.15) is 25.3 Å². The zero-order valence-electron chi connectivity index (χ0n) is 13.2. The summed E-state index contributed by atoms with van der Waals surface area (Å²) in [6.07, 6.45) is 1.98. The van der Waals surface area contributed by atoms with Crippen molar-refractivity contribution in [3.63, 3.8) is 0 Å². The monoisotopic (exact) mass is 328 g/mol.